The van der Waals surface area contributed by atoms with E-state index in [0.717, 1.165) is 19.3 Å². The molecule has 124 valence electrons. The molecule has 1 rings (SSSR count). The number of hydrogen-bond donors (Lipinski definition) is 1. The lowest BCUT2D eigenvalue weighted by atomic mass is 10.2. The van der Waals surface area contributed by atoms with Gasteiger partial charge in [-0.1, -0.05) is 33.6 Å². The maximum absolute atomic E-state index is 12.3. The Bertz CT molecular complexity index is 564. The topological polar surface area (TPSA) is 66.5 Å². The second-order valence-electron chi connectivity index (χ2n) is 5.08. The zero-order chi connectivity index (χ0) is 16.6. The van der Waals surface area contributed by atoms with Crippen LogP contribution >= 0.6 is 0 Å². The van der Waals surface area contributed by atoms with E-state index >= 15 is 0 Å². The second kappa shape index (κ2) is 8.90. The second-order valence-corrected chi connectivity index (χ2v) is 7.01. The average molecular weight is 326 g/mol. The van der Waals surface area contributed by atoms with E-state index in [1.165, 1.54) is 16.4 Å². The predicted molar refractivity (Wildman–Crippen MR) is 88.4 cm³/mol. The molecule has 0 saturated carbocycles. The molecule has 0 atom stereocenters. The van der Waals surface area contributed by atoms with E-state index in [0.29, 0.717) is 25.2 Å². The molecule has 0 spiro atoms. The van der Waals surface area contributed by atoms with Gasteiger partial charge in [-0.25, -0.2) is 8.42 Å². The SMILES string of the molecule is CCCCCNC(=O)c1ccc(S(=O)(=O)N(CC)CC)cc1. The number of amides is 1. The lowest BCUT2D eigenvalue weighted by Gasteiger charge is -2.18. The standard InChI is InChI=1S/C16H26N2O3S/c1-4-7-8-13-17-16(19)14-9-11-15(12-10-14)22(20,21)18(5-2)6-3/h9-12H,4-8,13H2,1-3H3,(H,17,19). The fraction of sp³-hybridized carbons (Fsp3) is 0.562. The van der Waals surface area contributed by atoms with Crippen molar-refractivity contribution in [1.82, 2.24) is 9.62 Å². The van der Waals surface area contributed by atoms with Crippen LogP contribution < -0.4 is 5.32 Å². The number of unbranched alkanes of at least 4 members (excludes halogenated alkanes) is 2. The van der Waals surface area contributed by atoms with Crippen LogP contribution in [0.25, 0.3) is 0 Å². The molecule has 1 N–H and O–H groups in total. The highest BCUT2D eigenvalue weighted by molar-refractivity contribution is 7.89. The average Bonchev–Trinajstić information content (AvgIpc) is 2.52. The highest BCUT2D eigenvalue weighted by Crippen LogP contribution is 2.16. The third-order valence-corrected chi connectivity index (χ3v) is 5.59. The quantitative estimate of drug-likeness (QED) is 0.709. The summed E-state index contributed by atoms with van der Waals surface area (Å²) in [7, 11) is -3.47. The third kappa shape index (κ3) is 4.81. The van der Waals surface area contributed by atoms with Crippen molar-refractivity contribution in [3.05, 3.63) is 29.8 Å². The number of hydrogen-bond acceptors (Lipinski definition) is 3. The number of nitrogens with zero attached hydrogens (tertiary/aromatic N) is 1. The van der Waals surface area contributed by atoms with Crippen molar-refractivity contribution in [2.24, 2.45) is 0 Å². The zero-order valence-electron chi connectivity index (χ0n) is 13.6. The summed E-state index contributed by atoms with van der Waals surface area (Å²) < 4.78 is 26.1. The maximum atomic E-state index is 12.3. The Morgan fingerprint density at radius 3 is 2.14 bits per heavy atom. The van der Waals surface area contributed by atoms with E-state index in [1.807, 2.05) is 0 Å². The normalized spacial score (nSPS) is 11.6. The molecule has 0 fully saturated rings. The van der Waals surface area contributed by atoms with Crippen molar-refractivity contribution < 1.29 is 13.2 Å². The number of rotatable bonds is 9. The van der Waals surface area contributed by atoms with Gasteiger partial charge in [0.2, 0.25) is 10.0 Å². The molecule has 1 aromatic rings. The fourth-order valence-corrected chi connectivity index (χ4v) is 3.63. The van der Waals surface area contributed by atoms with Gasteiger partial charge in [0.1, 0.15) is 0 Å². The van der Waals surface area contributed by atoms with E-state index in [1.54, 1.807) is 26.0 Å². The summed E-state index contributed by atoms with van der Waals surface area (Å²) in [6.45, 7) is 7.22. The Kier molecular flexibility index (Phi) is 7.55. The Labute approximate surface area is 133 Å². The van der Waals surface area contributed by atoms with Crippen LogP contribution in [0.5, 0.6) is 0 Å². The van der Waals surface area contributed by atoms with E-state index in [9.17, 15) is 13.2 Å². The summed E-state index contributed by atoms with van der Waals surface area (Å²) in [4.78, 5) is 12.2. The third-order valence-electron chi connectivity index (χ3n) is 3.53. The first-order valence-corrected chi connectivity index (χ1v) is 9.29. The summed E-state index contributed by atoms with van der Waals surface area (Å²) in [5.41, 5.74) is 0.481. The first-order chi connectivity index (χ1) is 10.5. The molecule has 5 nitrogen and oxygen atoms in total. The van der Waals surface area contributed by atoms with E-state index in [2.05, 4.69) is 12.2 Å². The van der Waals surface area contributed by atoms with Crippen LogP contribution in [0.15, 0.2) is 29.2 Å². The Hall–Kier alpha value is -1.40. The van der Waals surface area contributed by atoms with Gasteiger partial charge in [0.25, 0.3) is 5.91 Å². The number of carbonyl (C=O) groups excluding carboxylic acids is 1. The largest absolute Gasteiger partial charge is 0.352 e. The summed E-state index contributed by atoms with van der Waals surface area (Å²) in [5, 5.41) is 2.84. The van der Waals surface area contributed by atoms with Crippen molar-refractivity contribution in [2.75, 3.05) is 19.6 Å². The molecule has 0 saturated heterocycles. The molecular formula is C16H26N2O3S. The summed E-state index contributed by atoms with van der Waals surface area (Å²) in [6, 6.07) is 6.11. The minimum atomic E-state index is -3.47. The molecule has 0 aromatic heterocycles. The molecular weight excluding hydrogens is 300 g/mol. The number of nitrogens with one attached hydrogen (secondary N) is 1. The molecule has 0 aliphatic heterocycles. The number of sulfonamides is 1. The molecule has 0 unspecified atom stereocenters. The number of carbonyl (C=O) groups is 1. The van der Waals surface area contributed by atoms with Crippen molar-refractivity contribution in [2.45, 2.75) is 44.9 Å². The summed E-state index contributed by atoms with van der Waals surface area (Å²) >= 11 is 0. The highest BCUT2D eigenvalue weighted by atomic mass is 32.2. The summed E-state index contributed by atoms with van der Waals surface area (Å²) in [6.07, 6.45) is 3.14. The van der Waals surface area contributed by atoms with Crippen LogP contribution in [-0.4, -0.2) is 38.3 Å². The first-order valence-electron chi connectivity index (χ1n) is 7.85. The molecule has 22 heavy (non-hydrogen) atoms. The minimum absolute atomic E-state index is 0.164. The van der Waals surface area contributed by atoms with Gasteiger partial charge in [-0.15, -0.1) is 0 Å². The molecule has 1 amide bonds. The van der Waals surface area contributed by atoms with Gasteiger partial charge in [0, 0.05) is 25.2 Å². The molecule has 6 heteroatoms. The van der Waals surface area contributed by atoms with Crippen molar-refractivity contribution in [3.8, 4) is 0 Å². The van der Waals surface area contributed by atoms with Crippen LogP contribution in [0.3, 0.4) is 0 Å². The van der Waals surface area contributed by atoms with Gasteiger partial charge in [0.15, 0.2) is 0 Å². The monoisotopic (exact) mass is 326 g/mol. The van der Waals surface area contributed by atoms with Crippen LogP contribution in [0.2, 0.25) is 0 Å². The van der Waals surface area contributed by atoms with Gasteiger partial charge in [-0.3, -0.25) is 4.79 Å². The van der Waals surface area contributed by atoms with Crippen LogP contribution in [0.4, 0.5) is 0 Å². The Morgan fingerprint density at radius 1 is 1.05 bits per heavy atom. The first kappa shape index (κ1) is 18.6. The molecule has 0 aliphatic carbocycles. The highest BCUT2D eigenvalue weighted by Gasteiger charge is 2.21. The predicted octanol–water partition coefficient (Wildman–Crippen LogP) is 2.64. The van der Waals surface area contributed by atoms with Crippen LogP contribution in [-0.2, 0) is 10.0 Å². The lowest BCUT2D eigenvalue weighted by molar-refractivity contribution is 0.0953. The van der Waals surface area contributed by atoms with Crippen molar-refractivity contribution >= 4 is 15.9 Å². The van der Waals surface area contributed by atoms with Crippen LogP contribution in [0, 0.1) is 0 Å². The minimum Gasteiger partial charge on any atom is -0.352 e. The number of benzene rings is 1. The van der Waals surface area contributed by atoms with Crippen molar-refractivity contribution in [3.63, 3.8) is 0 Å². The Balaban J connectivity index is 2.76. The van der Waals surface area contributed by atoms with Crippen molar-refractivity contribution in [1.29, 1.82) is 0 Å². The molecule has 0 radical (unpaired) electrons. The van der Waals surface area contributed by atoms with Gasteiger partial charge < -0.3 is 5.32 Å². The van der Waals surface area contributed by atoms with E-state index < -0.39 is 10.0 Å². The fourth-order valence-electron chi connectivity index (χ4n) is 2.17. The lowest BCUT2D eigenvalue weighted by Crippen LogP contribution is -2.30. The zero-order valence-corrected chi connectivity index (χ0v) is 14.4. The molecule has 0 aliphatic rings. The summed E-state index contributed by atoms with van der Waals surface area (Å²) in [5.74, 6) is -0.164. The van der Waals surface area contributed by atoms with Gasteiger partial charge in [-0.05, 0) is 30.7 Å². The smallest absolute Gasteiger partial charge is 0.251 e. The molecule has 1 aromatic carbocycles. The maximum Gasteiger partial charge on any atom is 0.251 e. The molecule has 0 bridgehead atoms. The van der Waals surface area contributed by atoms with Gasteiger partial charge in [0.05, 0.1) is 4.90 Å². The van der Waals surface area contributed by atoms with Gasteiger partial charge in [-0.2, -0.15) is 4.31 Å². The Morgan fingerprint density at radius 2 is 1.64 bits per heavy atom. The molecule has 0 heterocycles. The van der Waals surface area contributed by atoms with Gasteiger partial charge >= 0.3 is 0 Å². The van der Waals surface area contributed by atoms with E-state index in [-0.39, 0.29) is 10.8 Å². The van der Waals surface area contributed by atoms with Crippen LogP contribution in [0.1, 0.15) is 50.4 Å². The van der Waals surface area contributed by atoms with E-state index in [4.69, 9.17) is 0 Å².